The maximum absolute atomic E-state index is 12.7. The molecule has 0 atom stereocenters. The topological polar surface area (TPSA) is 108 Å². The molecule has 0 unspecified atom stereocenters. The van der Waals surface area contributed by atoms with E-state index in [1.165, 1.54) is 6.08 Å². The zero-order chi connectivity index (χ0) is 22.5. The molecule has 4 amide bonds. The molecule has 1 aliphatic rings. The molecule has 1 heterocycles. The van der Waals surface area contributed by atoms with Gasteiger partial charge in [-0.3, -0.25) is 9.59 Å². The van der Waals surface area contributed by atoms with E-state index in [2.05, 4.69) is 10.6 Å². The number of amides is 4. The van der Waals surface area contributed by atoms with Crippen LogP contribution in [0.3, 0.4) is 0 Å². The summed E-state index contributed by atoms with van der Waals surface area (Å²) in [5.74, 6) is -0.783. The summed E-state index contributed by atoms with van der Waals surface area (Å²) in [4.78, 5) is 38.3. The van der Waals surface area contributed by atoms with Crippen LogP contribution in [-0.4, -0.2) is 41.0 Å². The monoisotopic (exact) mass is 535 g/mol. The molecule has 1 fully saturated rings. The summed E-state index contributed by atoms with van der Waals surface area (Å²) >= 11 is 1.95. The smallest absolute Gasteiger partial charge is 0.329 e. The second-order valence-electron chi connectivity index (χ2n) is 6.72. The van der Waals surface area contributed by atoms with E-state index in [0.29, 0.717) is 21.4 Å². The fourth-order valence-electron chi connectivity index (χ4n) is 3.11. The molecule has 0 saturated carbocycles. The first-order valence-electron chi connectivity index (χ1n) is 9.71. The number of aryl methyl sites for hydroxylation is 1. The van der Waals surface area contributed by atoms with E-state index in [0.717, 1.165) is 16.9 Å². The molecule has 3 rings (SSSR count). The third-order valence-electron chi connectivity index (χ3n) is 4.60. The SMILES string of the molecule is CCOc1cc(/C=C2/NC(=O)N(CC(=O)Nc3ccccc3CC)C2=O)cc(I)c1O. The number of urea groups is 1. The Morgan fingerprint density at radius 3 is 2.71 bits per heavy atom. The minimum Gasteiger partial charge on any atom is -0.504 e. The van der Waals surface area contributed by atoms with Gasteiger partial charge in [0.15, 0.2) is 11.5 Å². The maximum atomic E-state index is 12.7. The highest BCUT2D eigenvalue weighted by Crippen LogP contribution is 2.33. The Kier molecular flexibility index (Phi) is 7.16. The first-order valence-corrected chi connectivity index (χ1v) is 10.8. The Morgan fingerprint density at radius 1 is 1.26 bits per heavy atom. The summed E-state index contributed by atoms with van der Waals surface area (Å²) in [6.07, 6.45) is 2.22. The fraction of sp³-hybridized carbons (Fsp3) is 0.227. The zero-order valence-electron chi connectivity index (χ0n) is 17.1. The van der Waals surface area contributed by atoms with Gasteiger partial charge in [-0.25, -0.2) is 9.69 Å². The number of aromatic hydroxyl groups is 1. The first-order chi connectivity index (χ1) is 14.8. The average Bonchev–Trinajstić information content (AvgIpc) is 2.99. The van der Waals surface area contributed by atoms with Gasteiger partial charge in [-0.1, -0.05) is 25.1 Å². The number of hydrogen-bond donors (Lipinski definition) is 3. The molecule has 2 aromatic carbocycles. The molecule has 3 N–H and O–H groups in total. The summed E-state index contributed by atoms with van der Waals surface area (Å²) in [6.45, 7) is 3.72. The highest BCUT2D eigenvalue weighted by molar-refractivity contribution is 14.1. The van der Waals surface area contributed by atoms with E-state index in [1.807, 2.05) is 41.6 Å². The molecule has 1 aliphatic heterocycles. The average molecular weight is 535 g/mol. The molecule has 0 aliphatic carbocycles. The van der Waals surface area contributed by atoms with E-state index in [4.69, 9.17) is 4.74 Å². The van der Waals surface area contributed by atoms with Gasteiger partial charge in [-0.05, 0) is 71.3 Å². The minimum absolute atomic E-state index is 0.0112. The summed E-state index contributed by atoms with van der Waals surface area (Å²) in [7, 11) is 0. The molecular weight excluding hydrogens is 513 g/mol. The highest BCUT2D eigenvalue weighted by Gasteiger charge is 2.35. The van der Waals surface area contributed by atoms with Crippen molar-refractivity contribution in [2.24, 2.45) is 0 Å². The molecule has 0 radical (unpaired) electrons. The minimum atomic E-state index is -0.673. The molecule has 1 saturated heterocycles. The van der Waals surface area contributed by atoms with Crippen LogP contribution in [0.25, 0.3) is 6.08 Å². The van der Waals surface area contributed by atoms with E-state index < -0.39 is 24.4 Å². The van der Waals surface area contributed by atoms with Crippen LogP contribution in [-0.2, 0) is 16.0 Å². The molecular formula is C22H22IN3O5. The molecule has 0 spiro atoms. The van der Waals surface area contributed by atoms with Crippen molar-refractivity contribution in [1.29, 1.82) is 0 Å². The van der Waals surface area contributed by atoms with Crippen LogP contribution in [0.4, 0.5) is 10.5 Å². The molecule has 31 heavy (non-hydrogen) atoms. The normalized spacial score (nSPS) is 14.7. The second kappa shape index (κ2) is 9.82. The molecule has 8 nitrogen and oxygen atoms in total. The lowest BCUT2D eigenvalue weighted by molar-refractivity contribution is -0.127. The van der Waals surface area contributed by atoms with Crippen LogP contribution in [0, 0.1) is 3.57 Å². The maximum Gasteiger partial charge on any atom is 0.329 e. The van der Waals surface area contributed by atoms with Crippen molar-refractivity contribution in [1.82, 2.24) is 10.2 Å². The number of halogens is 1. The number of para-hydroxylation sites is 1. The predicted octanol–water partition coefficient (Wildman–Crippen LogP) is 3.49. The van der Waals surface area contributed by atoms with Crippen LogP contribution in [0.5, 0.6) is 11.5 Å². The number of phenolic OH excluding ortho intramolecular Hbond substituents is 1. The number of anilines is 1. The number of ether oxygens (including phenoxy) is 1. The Bertz CT molecular complexity index is 1070. The standard InChI is InChI=1S/C22H22IN3O5/c1-3-14-7-5-6-8-16(14)24-19(27)12-26-21(29)17(25-22(26)30)10-13-9-15(23)20(28)18(11-13)31-4-2/h5-11,28H,3-4,12H2,1-2H3,(H,24,27)(H,25,30)/b17-10+. The Labute approximate surface area is 193 Å². The van der Waals surface area contributed by atoms with Crippen molar-refractivity contribution in [2.75, 3.05) is 18.5 Å². The van der Waals surface area contributed by atoms with Crippen LogP contribution in [0.15, 0.2) is 42.1 Å². The Balaban J connectivity index is 1.76. The van der Waals surface area contributed by atoms with Gasteiger partial charge in [-0.2, -0.15) is 0 Å². The summed E-state index contributed by atoms with van der Waals surface area (Å²) in [5.41, 5.74) is 2.22. The number of nitrogens with one attached hydrogen (secondary N) is 2. The van der Waals surface area contributed by atoms with Crippen LogP contribution < -0.4 is 15.4 Å². The zero-order valence-corrected chi connectivity index (χ0v) is 19.2. The lowest BCUT2D eigenvalue weighted by Crippen LogP contribution is -2.38. The Hall–Kier alpha value is -3.08. The van der Waals surface area contributed by atoms with Crippen molar-refractivity contribution in [3.8, 4) is 11.5 Å². The van der Waals surface area contributed by atoms with E-state index in [9.17, 15) is 19.5 Å². The largest absolute Gasteiger partial charge is 0.504 e. The first kappa shape index (κ1) is 22.6. The van der Waals surface area contributed by atoms with Crippen molar-refractivity contribution in [3.05, 3.63) is 56.8 Å². The van der Waals surface area contributed by atoms with Crippen molar-refractivity contribution in [2.45, 2.75) is 20.3 Å². The van der Waals surface area contributed by atoms with E-state index in [-0.39, 0.29) is 17.2 Å². The lowest BCUT2D eigenvalue weighted by atomic mass is 10.1. The fourth-order valence-corrected chi connectivity index (χ4v) is 3.73. The van der Waals surface area contributed by atoms with Gasteiger partial charge >= 0.3 is 6.03 Å². The number of hydrogen-bond acceptors (Lipinski definition) is 5. The Morgan fingerprint density at radius 2 is 2.00 bits per heavy atom. The van der Waals surface area contributed by atoms with Crippen LogP contribution >= 0.6 is 22.6 Å². The molecule has 9 heteroatoms. The van der Waals surface area contributed by atoms with Gasteiger partial charge < -0.3 is 20.5 Å². The quantitative estimate of drug-likeness (QED) is 0.286. The van der Waals surface area contributed by atoms with Crippen LogP contribution in [0.2, 0.25) is 0 Å². The van der Waals surface area contributed by atoms with Crippen molar-refractivity contribution in [3.63, 3.8) is 0 Å². The third-order valence-corrected chi connectivity index (χ3v) is 5.42. The number of nitrogens with zero attached hydrogens (tertiary/aromatic N) is 1. The van der Waals surface area contributed by atoms with Crippen molar-refractivity contribution >= 4 is 52.2 Å². The van der Waals surface area contributed by atoms with Gasteiger partial charge in [0.1, 0.15) is 12.2 Å². The predicted molar refractivity (Wildman–Crippen MR) is 125 cm³/mol. The number of carbonyl (C=O) groups excluding carboxylic acids is 3. The second-order valence-corrected chi connectivity index (χ2v) is 7.88. The number of benzene rings is 2. The summed E-state index contributed by atoms with van der Waals surface area (Å²) < 4.78 is 5.94. The molecule has 0 aromatic heterocycles. The highest BCUT2D eigenvalue weighted by atomic mass is 127. The van der Waals surface area contributed by atoms with E-state index >= 15 is 0 Å². The number of carbonyl (C=O) groups is 3. The lowest BCUT2D eigenvalue weighted by Gasteiger charge is -2.13. The molecule has 2 aromatic rings. The van der Waals surface area contributed by atoms with Gasteiger partial charge in [0.05, 0.1) is 10.2 Å². The number of phenols is 1. The van der Waals surface area contributed by atoms with Crippen molar-refractivity contribution < 1.29 is 24.2 Å². The van der Waals surface area contributed by atoms with Gasteiger partial charge in [0.25, 0.3) is 5.91 Å². The number of imide groups is 1. The van der Waals surface area contributed by atoms with E-state index in [1.54, 1.807) is 31.2 Å². The van der Waals surface area contributed by atoms with Gasteiger partial charge in [0, 0.05) is 5.69 Å². The van der Waals surface area contributed by atoms with Crippen LogP contribution in [0.1, 0.15) is 25.0 Å². The van der Waals surface area contributed by atoms with Gasteiger partial charge in [-0.15, -0.1) is 0 Å². The number of rotatable bonds is 7. The molecule has 0 bridgehead atoms. The summed E-state index contributed by atoms with van der Waals surface area (Å²) in [6, 6.07) is 9.92. The summed E-state index contributed by atoms with van der Waals surface area (Å²) in [5, 5.41) is 15.3. The van der Waals surface area contributed by atoms with Gasteiger partial charge in [0.2, 0.25) is 5.91 Å². The molecule has 162 valence electrons. The third kappa shape index (κ3) is 5.16.